The van der Waals surface area contributed by atoms with E-state index in [0.29, 0.717) is 19.6 Å². The highest BCUT2D eigenvalue weighted by Crippen LogP contribution is 2.34. The molecule has 0 saturated carbocycles. The Morgan fingerprint density at radius 1 is 1.26 bits per heavy atom. The Bertz CT molecular complexity index is 778. The summed E-state index contributed by atoms with van der Waals surface area (Å²) < 4.78 is 11.9. The molecule has 5 heteroatoms. The second-order valence-electron chi connectivity index (χ2n) is 7.00. The van der Waals surface area contributed by atoms with E-state index in [1.165, 1.54) is 0 Å². The van der Waals surface area contributed by atoms with E-state index >= 15 is 0 Å². The number of amides is 1. The van der Waals surface area contributed by atoms with E-state index in [-0.39, 0.29) is 18.1 Å². The van der Waals surface area contributed by atoms with Crippen molar-refractivity contribution in [2.75, 3.05) is 20.2 Å². The van der Waals surface area contributed by atoms with Gasteiger partial charge in [-0.3, -0.25) is 9.69 Å². The van der Waals surface area contributed by atoms with Gasteiger partial charge in [0.1, 0.15) is 17.6 Å². The molecule has 0 fully saturated rings. The first-order valence-electron chi connectivity index (χ1n) is 9.50. The molecule has 3 rings (SSSR count). The Morgan fingerprint density at radius 2 is 2.00 bits per heavy atom. The van der Waals surface area contributed by atoms with Crippen molar-refractivity contribution in [1.29, 1.82) is 0 Å². The molecule has 0 radical (unpaired) electrons. The molecule has 1 aliphatic rings. The van der Waals surface area contributed by atoms with Gasteiger partial charge in [0.25, 0.3) is 0 Å². The van der Waals surface area contributed by atoms with E-state index in [1.807, 2.05) is 49.4 Å². The normalized spacial score (nSPS) is 18.0. The summed E-state index contributed by atoms with van der Waals surface area (Å²) in [7, 11) is 1.67. The lowest BCUT2D eigenvalue weighted by Crippen LogP contribution is -2.41. The molecule has 144 valence electrons. The molecule has 1 heterocycles. The summed E-state index contributed by atoms with van der Waals surface area (Å²) in [5.41, 5.74) is 2.08. The van der Waals surface area contributed by atoms with Crippen LogP contribution in [0.25, 0.3) is 0 Å². The number of benzene rings is 2. The highest BCUT2D eigenvalue weighted by Gasteiger charge is 2.27. The molecular weight excluding hydrogens is 340 g/mol. The first kappa shape index (κ1) is 19.2. The predicted molar refractivity (Wildman–Crippen MR) is 106 cm³/mol. The number of methoxy groups -OCH3 is 1. The zero-order valence-electron chi connectivity index (χ0n) is 16.3. The van der Waals surface area contributed by atoms with Crippen LogP contribution in [0.15, 0.2) is 48.5 Å². The second-order valence-corrected chi connectivity index (χ2v) is 7.00. The molecule has 1 amide bonds. The molecule has 0 saturated heterocycles. The smallest absolute Gasteiger partial charge is 0.234 e. The van der Waals surface area contributed by atoms with Gasteiger partial charge in [-0.2, -0.15) is 0 Å². The van der Waals surface area contributed by atoms with Crippen molar-refractivity contribution in [2.45, 2.75) is 39.0 Å². The molecule has 1 aliphatic heterocycles. The van der Waals surface area contributed by atoms with Gasteiger partial charge in [-0.1, -0.05) is 43.3 Å². The van der Waals surface area contributed by atoms with Gasteiger partial charge in [-0.05, 0) is 25.5 Å². The number of carbonyl (C=O) groups is 1. The Hall–Kier alpha value is -2.53. The number of fused-ring (bicyclic) bond motifs is 1. The third-order valence-electron chi connectivity index (χ3n) is 4.93. The van der Waals surface area contributed by atoms with Crippen molar-refractivity contribution in [3.63, 3.8) is 0 Å². The number of nitrogens with one attached hydrogen (secondary N) is 1. The number of para-hydroxylation sites is 2. The van der Waals surface area contributed by atoms with Crippen molar-refractivity contribution in [2.24, 2.45) is 0 Å². The highest BCUT2D eigenvalue weighted by molar-refractivity contribution is 5.78. The fourth-order valence-corrected chi connectivity index (χ4v) is 3.32. The van der Waals surface area contributed by atoms with Crippen LogP contribution >= 0.6 is 0 Å². The Kier molecular flexibility index (Phi) is 6.35. The SMILES string of the molecule is CC[C@@H](C)NC(=O)CN1Cc2ccccc2O[C@@H](c2ccccc2OC)C1. The van der Waals surface area contributed by atoms with Crippen molar-refractivity contribution < 1.29 is 14.3 Å². The topological polar surface area (TPSA) is 50.8 Å². The largest absolute Gasteiger partial charge is 0.496 e. The van der Waals surface area contributed by atoms with Crippen molar-refractivity contribution in [1.82, 2.24) is 10.2 Å². The molecule has 0 spiro atoms. The van der Waals surface area contributed by atoms with Gasteiger partial charge >= 0.3 is 0 Å². The first-order chi connectivity index (χ1) is 13.1. The maximum atomic E-state index is 12.5. The van der Waals surface area contributed by atoms with Gasteiger partial charge in [0, 0.05) is 30.3 Å². The van der Waals surface area contributed by atoms with Crippen LogP contribution < -0.4 is 14.8 Å². The third-order valence-corrected chi connectivity index (χ3v) is 4.93. The third kappa shape index (κ3) is 4.80. The summed E-state index contributed by atoms with van der Waals surface area (Å²) in [5, 5.41) is 3.05. The number of carbonyl (C=O) groups excluding carboxylic acids is 1. The average molecular weight is 368 g/mol. The van der Waals surface area contributed by atoms with Crippen molar-refractivity contribution in [3.05, 3.63) is 59.7 Å². The number of hydrogen-bond acceptors (Lipinski definition) is 4. The van der Waals surface area contributed by atoms with Gasteiger partial charge < -0.3 is 14.8 Å². The molecule has 0 aromatic heterocycles. The lowest BCUT2D eigenvalue weighted by atomic mass is 10.1. The molecule has 2 atom stereocenters. The molecular formula is C22H28N2O3. The summed E-state index contributed by atoms with van der Waals surface area (Å²) in [4.78, 5) is 14.6. The van der Waals surface area contributed by atoms with Crippen LogP contribution in [-0.4, -0.2) is 37.0 Å². The number of rotatable bonds is 6. The fraction of sp³-hybridized carbons (Fsp3) is 0.409. The van der Waals surface area contributed by atoms with Crippen LogP contribution in [-0.2, 0) is 11.3 Å². The number of ether oxygens (including phenoxy) is 2. The van der Waals surface area contributed by atoms with Crippen molar-refractivity contribution in [3.8, 4) is 11.5 Å². The average Bonchev–Trinajstić information content (AvgIpc) is 2.86. The van der Waals surface area contributed by atoms with Crippen LogP contribution in [0.3, 0.4) is 0 Å². The van der Waals surface area contributed by atoms with Crippen LogP contribution in [0.1, 0.15) is 37.5 Å². The Morgan fingerprint density at radius 3 is 2.78 bits per heavy atom. The van der Waals surface area contributed by atoms with E-state index in [0.717, 1.165) is 29.0 Å². The molecule has 0 unspecified atom stereocenters. The standard InChI is InChI=1S/C22H28N2O3/c1-4-16(2)23-22(25)15-24-13-17-9-5-7-11-19(17)27-21(14-24)18-10-6-8-12-20(18)26-3/h5-12,16,21H,4,13-15H2,1-3H3,(H,23,25)/t16-,21-/m1/s1. The van der Waals surface area contributed by atoms with E-state index < -0.39 is 0 Å². The molecule has 1 N–H and O–H groups in total. The predicted octanol–water partition coefficient (Wildman–Crippen LogP) is 3.55. The molecule has 5 nitrogen and oxygen atoms in total. The zero-order valence-corrected chi connectivity index (χ0v) is 16.3. The zero-order chi connectivity index (χ0) is 19.2. The fourth-order valence-electron chi connectivity index (χ4n) is 3.32. The van der Waals surface area contributed by atoms with E-state index in [9.17, 15) is 4.79 Å². The van der Waals surface area contributed by atoms with E-state index in [2.05, 4.69) is 23.2 Å². The van der Waals surface area contributed by atoms with Crippen LogP contribution in [0.5, 0.6) is 11.5 Å². The minimum atomic E-state index is -0.207. The molecule has 2 aromatic carbocycles. The van der Waals surface area contributed by atoms with Gasteiger partial charge in [0.2, 0.25) is 5.91 Å². The summed E-state index contributed by atoms with van der Waals surface area (Å²) >= 11 is 0. The van der Waals surface area contributed by atoms with Crippen LogP contribution in [0.4, 0.5) is 0 Å². The van der Waals surface area contributed by atoms with Crippen LogP contribution in [0, 0.1) is 0 Å². The van der Waals surface area contributed by atoms with Gasteiger partial charge in [-0.25, -0.2) is 0 Å². The van der Waals surface area contributed by atoms with Gasteiger partial charge in [-0.15, -0.1) is 0 Å². The molecule has 0 bridgehead atoms. The minimum Gasteiger partial charge on any atom is -0.496 e. The second kappa shape index (κ2) is 8.91. The minimum absolute atomic E-state index is 0.0440. The Balaban J connectivity index is 1.86. The molecule has 27 heavy (non-hydrogen) atoms. The van der Waals surface area contributed by atoms with Gasteiger partial charge in [0.15, 0.2) is 0 Å². The molecule has 0 aliphatic carbocycles. The summed E-state index contributed by atoms with van der Waals surface area (Å²) in [6.45, 7) is 5.72. The van der Waals surface area contributed by atoms with Crippen molar-refractivity contribution >= 4 is 5.91 Å². The number of nitrogens with zero attached hydrogens (tertiary/aromatic N) is 1. The quantitative estimate of drug-likeness (QED) is 0.847. The molecule has 2 aromatic rings. The number of hydrogen-bond donors (Lipinski definition) is 1. The highest BCUT2D eigenvalue weighted by atomic mass is 16.5. The summed E-state index contributed by atoms with van der Waals surface area (Å²) in [6.07, 6.45) is 0.711. The Labute approximate surface area is 161 Å². The lowest BCUT2D eigenvalue weighted by molar-refractivity contribution is -0.123. The summed E-state index contributed by atoms with van der Waals surface area (Å²) in [6, 6.07) is 16.1. The first-order valence-corrected chi connectivity index (χ1v) is 9.50. The van der Waals surface area contributed by atoms with E-state index in [1.54, 1.807) is 7.11 Å². The van der Waals surface area contributed by atoms with Gasteiger partial charge in [0.05, 0.1) is 13.7 Å². The maximum Gasteiger partial charge on any atom is 0.234 e. The lowest BCUT2D eigenvalue weighted by Gasteiger charge is -2.25. The van der Waals surface area contributed by atoms with Crippen LogP contribution in [0.2, 0.25) is 0 Å². The summed E-state index contributed by atoms with van der Waals surface area (Å²) in [5.74, 6) is 1.70. The monoisotopic (exact) mass is 368 g/mol. The van der Waals surface area contributed by atoms with E-state index in [4.69, 9.17) is 9.47 Å². The maximum absolute atomic E-state index is 12.5.